The van der Waals surface area contributed by atoms with E-state index in [9.17, 15) is 14.7 Å². The maximum Gasteiger partial charge on any atom is 0.348 e. The molecule has 0 saturated heterocycles. The number of benzene rings is 1. The van der Waals surface area contributed by atoms with Crippen LogP contribution in [-0.4, -0.2) is 47.1 Å². The quantitative estimate of drug-likeness (QED) is 0.506. The van der Waals surface area contributed by atoms with E-state index in [1.54, 1.807) is 25.3 Å². The fraction of sp³-hybridized carbons (Fsp3) is 0.421. The maximum absolute atomic E-state index is 12.4. The van der Waals surface area contributed by atoms with Crippen LogP contribution in [0.15, 0.2) is 28.0 Å². The first-order chi connectivity index (χ1) is 13.6. The Kier molecular flexibility index (Phi) is 6.58. The van der Waals surface area contributed by atoms with Crippen molar-refractivity contribution < 1.29 is 19.4 Å². The van der Waals surface area contributed by atoms with Crippen molar-refractivity contribution in [2.24, 2.45) is 0 Å². The van der Waals surface area contributed by atoms with E-state index in [0.29, 0.717) is 22.2 Å². The topological polar surface area (TPSA) is 103 Å². The van der Waals surface area contributed by atoms with E-state index in [-0.39, 0.29) is 30.5 Å². The molecule has 1 aliphatic rings. The van der Waals surface area contributed by atoms with Gasteiger partial charge in [0.05, 0.1) is 38.8 Å². The van der Waals surface area contributed by atoms with Gasteiger partial charge in [-0.2, -0.15) is 4.98 Å². The van der Waals surface area contributed by atoms with Crippen molar-refractivity contribution in [3.8, 4) is 11.5 Å². The van der Waals surface area contributed by atoms with Crippen molar-refractivity contribution in [3.63, 3.8) is 0 Å². The third-order valence-electron chi connectivity index (χ3n) is 4.55. The number of methoxy groups -OCH3 is 2. The SMILES string of the molecule is COc1ccc(NC(=O)CSc2nc(=O)n(CCO)c3c2CCC3)c(OC)c1. The standard InChI is InChI=1S/C19H23N3O5S/c1-26-12-6-7-14(16(10-12)27-2)20-17(24)11-28-18-13-4-3-5-15(13)22(8-9-23)19(25)21-18/h6-7,10,23H,3-5,8-9,11H2,1-2H3,(H,20,24). The van der Waals surface area contributed by atoms with Crippen LogP contribution >= 0.6 is 11.8 Å². The Morgan fingerprint density at radius 3 is 2.86 bits per heavy atom. The van der Waals surface area contributed by atoms with Gasteiger partial charge in [0.25, 0.3) is 0 Å². The number of hydrogen-bond acceptors (Lipinski definition) is 7. The number of aliphatic hydroxyl groups excluding tert-OH is 1. The molecule has 8 nitrogen and oxygen atoms in total. The molecule has 1 amide bonds. The second-order valence-electron chi connectivity index (χ2n) is 6.26. The lowest BCUT2D eigenvalue weighted by atomic mass is 10.2. The Balaban J connectivity index is 1.71. The summed E-state index contributed by atoms with van der Waals surface area (Å²) in [5.74, 6) is 1.04. The average molecular weight is 405 g/mol. The van der Waals surface area contributed by atoms with Crippen molar-refractivity contribution in [2.45, 2.75) is 30.8 Å². The van der Waals surface area contributed by atoms with Crippen LogP contribution in [0, 0.1) is 0 Å². The van der Waals surface area contributed by atoms with Crippen LogP contribution in [0.3, 0.4) is 0 Å². The largest absolute Gasteiger partial charge is 0.497 e. The van der Waals surface area contributed by atoms with Crippen LogP contribution in [0.1, 0.15) is 17.7 Å². The number of nitrogens with one attached hydrogen (secondary N) is 1. The highest BCUT2D eigenvalue weighted by Gasteiger charge is 2.22. The normalized spacial score (nSPS) is 12.5. The lowest BCUT2D eigenvalue weighted by molar-refractivity contribution is -0.113. The predicted molar refractivity (Wildman–Crippen MR) is 107 cm³/mol. The molecule has 1 aromatic carbocycles. The summed E-state index contributed by atoms with van der Waals surface area (Å²) in [6.07, 6.45) is 2.55. The minimum absolute atomic E-state index is 0.105. The highest BCUT2D eigenvalue weighted by molar-refractivity contribution is 8.00. The molecule has 0 spiro atoms. The summed E-state index contributed by atoms with van der Waals surface area (Å²) >= 11 is 1.25. The van der Waals surface area contributed by atoms with E-state index < -0.39 is 0 Å². The lowest BCUT2D eigenvalue weighted by Gasteiger charge is -2.14. The average Bonchev–Trinajstić information content (AvgIpc) is 3.19. The summed E-state index contributed by atoms with van der Waals surface area (Å²) in [6, 6.07) is 5.14. The van der Waals surface area contributed by atoms with E-state index in [4.69, 9.17) is 9.47 Å². The zero-order chi connectivity index (χ0) is 20.1. The number of aromatic nitrogens is 2. The van der Waals surface area contributed by atoms with Crippen LogP contribution in [0.4, 0.5) is 5.69 Å². The Morgan fingerprint density at radius 2 is 2.14 bits per heavy atom. The summed E-state index contributed by atoms with van der Waals surface area (Å²) in [4.78, 5) is 28.8. The number of thioether (sulfide) groups is 1. The molecular weight excluding hydrogens is 382 g/mol. The minimum atomic E-state index is -0.380. The first kappa shape index (κ1) is 20.2. The summed E-state index contributed by atoms with van der Waals surface area (Å²) in [6.45, 7) is 0.142. The smallest absolute Gasteiger partial charge is 0.348 e. The van der Waals surface area contributed by atoms with Gasteiger partial charge in [-0.25, -0.2) is 4.79 Å². The van der Waals surface area contributed by atoms with Gasteiger partial charge in [0.15, 0.2) is 0 Å². The number of carbonyl (C=O) groups is 1. The highest BCUT2D eigenvalue weighted by atomic mass is 32.2. The van der Waals surface area contributed by atoms with Crippen molar-refractivity contribution in [2.75, 3.05) is 31.9 Å². The number of hydrogen-bond donors (Lipinski definition) is 2. The van der Waals surface area contributed by atoms with E-state index in [2.05, 4.69) is 10.3 Å². The van der Waals surface area contributed by atoms with E-state index in [0.717, 1.165) is 30.5 Å². The molecule has 0 aliphatic heterocycles. The Morgan fingerprint density at radius 1 is 1.32 bits per heavy atom. The van der Waals surface area contributed by atoms with Gasteiger partial charge in [0.1, 0.15) is 16.5 Å². The van der Waals surface area contributed by atoms with Gasteiger partial charge in [-0.15, -0.1) is 0 Å². The molecule has 1 aliphatic carbocycles. The van der Waals surface area contributed by atoms with Crippen LogP contribution in [0.5, 0.6) is 11.5 Å². The van der Waals surface area contributed by atoms with E-state index in [1.807, 2.05) is 0 Å². The number of rotatable bonds is 8. The fourth-order valence-electron chi connectivity index (χ4n) is 3.26. The molecule has 0 fully saturated rings. The number of anilines is 1. The zero-order valence-electron chi connectivity index (χ0n) is 15.9. The lowest BCUT2D eigenvalue weighted by Crippen LogP contribution is -2.28. The number of aliphatic hydroxyl groups is 1. The van der Waals surface area contributed by atoms with Crippen molar-refractivity contribution in [1.29, 1.82) is 0 Å². The molecule has 150 valence electrons. The molecule has 2 aromatic rings. The van der Waals surface area contributed by atoms with Gasteiger partial charge in [-0.1, -0.05) is 11.8 Å². The first-order valence-corrected chi connectivity index (χ1v) is 9.94. The van der Waals surface area contributed by atoms with Crippen LogP contribution in [-0.2, 0) is 24.2 Å². The third-order valence-corrected chi connectivity index (χ3v) is 5.56. The summed E-state index contributed by atoms with van der Waals surface area (Å²) in [5, 5.41) is 12.6. The van der Waals surface area contributed by atoms with Gasteiger partial charge in [-0.05, 0) is 31.4 Å². The Hall–Kier alpha value is -2.52. The Bertz CT molecular complexity index is 929. The molecule has 0 unspecified atom stereocenters. The van der Waals surface area contributed by atoms with Crippen LogP contribution in [0.25, 0.3) is 0 Å². The van der Waals surface area contributed by atoms with Crippen molar-refractivity contribution in [3.05, 3.63) is 39.9 Å². The van der Waals surface area contributed by atoms with E-state index >= 15 is 0 Å². The molecule has 28 heavy (non-hydrogen) atoms. The summed E-state index contributed by atoms with van der Waals surface area (Å²) in [7, 11) is 3.08. The van der Waals surface area contributed by atoms with Crippen LogP contribution in [0.2, 0.25) is 0 Å². The van der Waals surface area contributed by atoms with Crippen molar-refractivity contribution >= 4 is 23.4 Å². The number of carbonyl (C=O) groups excluding carboxylic acids is 1. The van der Waals surface area contributed by atoms with Crippen molar-refractivity contribution in [1.82, 2.24) is 9.55 Å². The molecule has 1 heterocycles. The second-order valence-corrected chi connectivity index (χ2v) is 7.22. The number of fused-ring (bicyclic) bond motifs is 1. The molecule has 0 bridgehead atoms. The van der Waals surface area contributed by atoms with Gasteiger partial charge >= 0.3 is 5.69 Å². The number of amides is 1. The summed E-state index contributed by atoms with van der Waals surface area (Å²) < 4.78 is 12.0. The highest BCUT2D eigenvalue weighted by Crippen LogP contribution is 2.31. The number of ether oxygens (including phenoxy) is 2. The first-order valence-electron chi connectivity index (χ1n) is 8.95. The molecule has 2 N–H and O–H groups in total. The zero-order valence-corrected chi connectivity index (χ0v) is 16.7. The van der Waals surface area contributed by atoms with Gasteiger partial charge in [0, 0.05) is 17.3 Å². The molecular formula is C19H23N3O5S. The predicted octanol–water partition coefficient (Wildman–Crippen LogP) is 1.47. The molecule has 3 rings (SSSR count). The fourth-order valence-corrected chi connectivity index (χ4v) is 4.13. The molecule has 1 aromatic heterocycles. The number of nitrogens with zero attached hydrogens (tertiary/aromatic N) is 2. The van der Waals surface area contributed by atoms with Gasteiger partial charge in [0.2, 0.25) is 5.91 Å². The molecule has 0 radical (unpaired) electrons. The molecule has 9 heteroatoms. The van der Waals surface area contributed by atoms with Gasteiger partial charge in [-0.3, -0.25) is 9.36 Å². The molecule has 0 atom stereocenters. The Labute approximate surface area is 166 Å². The maximum atomic E-state index is 12.4. The summed E-state index contributed by atoms with van der Waals surface area (Å²) in [5.41, 5.74) is 2.10. The van der Waals surface area contributed by atoms with Crippen LogP contribution < -0.4 is 20.5 Å². The van der Waals surface area contributed by atoms with E-state index in [1.165, 1.54) is 23.4 Å². The van der Waals surface area contributed by atoms with Gasteiger partial charge < -0.3 is 19.9 Å². The molecule has 0 saturated carbocycles. The third kappa shape index (κ3) is 4.31. The monoisotopic (exact) mass is 405 g/mol. The minimum Gasteiger partial charge on any atom is -0.497 e. The second kappa shape index (κ2) is 9.11.